The van der Waals surface area contributed by atoms with Gasteiger partial charge < -0.3 is 10.1 Å². The van der Waals surface area contributed by atoms with Crippen molar-refractivity contribution in [2.24, 2.45) is 0 Å². The highest BCUT2D eigenvalue weighted by molar-refractivity contribution is 5.91. The van der Waals surface area contributed by atoms with E-state index in [0.717, 1.165) is 24.1 Å². The molecule has 102 valence electrons. The second kappa shape index (κ2) is 5.37. The third-order valence-electron chi connectivity index (χ3n) is 3.52. The lowest BCUT2D eigenvalue weighted by Gasteiger charge is -2.07. The quantitative estimate of drug-likeness (QED) is 0.865. The van der Waals surface area contributed by atoms with E-state index in [1.54, 1.807) is 6.07 Å². The molecule has 0 radical (unpaired) electrons. The highest BCUT2D eigenvalue weighted by Crippen LogP contribution is 2.29. The molecule has 0 unspecified atom stereocenters. The molecule has 0 bridgehead atoms. The summed E-state index contributed by atoms with van der Waals surface area (Å²) in [7, 11) is 0. The van der Waals surface area contributed by atoms with Gasteiger partial charge in [-0.25, -0.2) is 4.79 Å². The fraction of sp³-hybridized carbons (Fsp3) is 0.235. The molecular weight excluding hydrogens is 250 g/mol. The Kier molecular flexibility index (Phi) is 3.42. The lowest BCUT2D eigenvalue weighted by Crippen LogP contribution is -2.04. The summed E-state index contributed by atoms with van der Waals surface area (Å²) < 4.78 is 5.04. The Morgan fingerprint density at radius 3 is 2.90 bits per heavy atom. The number of rotatable bonds is 3. The molecule has 0 aliphatic carbocycles. The predicted octanol–water partition coefficient (Wildman–Crippen LogP) is 3.50. The molecule has 0 atom stereocenters. The highest BCUT2D eigenvalue weighted by atomic mass is 16.5. The van der Waals surface area contributed by atoms with E-state index in [-0.39, 0.29) is 5.97 Å². The van der Waals surface area contributed by atoms with Crippen LogP contribution in [0.3, 0.4) is 0 Å². The summed E-state index contributed by atoms with van der Waals surface area (Å²) in [6.07, 6.45) is 1.06. The monoisotopic (exact) mass is 267 g/mol. The lowest BCUT2D eigenvalue weighted by atomic mass is 10.00. The Balaban J connectivity index is 1.94. The standard InChI is InChI=1S/C17H17NO2/c1-2-20-17(19)15-5-3-4-12(11-15)13-6-7-16-14(10-13)8-9-18-16/h3-7,10-11,18H,2,8-9H2,1H3. The van der Waals surface area contributed by atoms with Crippen LogP contribution in [-0.2, 0) is 11.2 Å². The van der Waals surface area contributed by atoms with Crippen LogP contribution in [0.25, 0.3) is 11.1 Å². The fourth-order valence-corrected chi connectivity index (χ4v) is 2.52. The Hall–Kier alpha value is -2.29. The maximum Gasteiger partial charge on any atom is 0.338 e. The van der Waals surface area contributed by atoms with E-state index in [1.807, 2.05) is 25.1 Å². The second-order valence-electron chi connectivity index (χ2n) is 4.85. The van der Waals surface area contributed by atoms with Crippen LogP contribution in [0.1, 0.15) is 22.8 Å². The molecule has 3 nitrogen and oxygen atoms in total. The van der Waals surface area contributed by atoms with Gasteiger partial charge in [-0.3, -0.25) is 0 Å². The number of carbonyl (C=O) groups excluding carboxylic acids is 1. The van der Waals surface area contributed by atoms with E-state index >= 15 is 0 Å². The van der Waals surface area contributed by atoms with Gasteiger partial charge in [-0.2, -0.15) is 0 Å². The van der Waals surface area contributed by atoms with Gasteiger partial charge in [0.2, 0.25) is 0 Å². The van der Waals surface area contributed by atoms with Gasteiger partial charge in [0.15, 0.2) is 0 Å². The van der Waals surface area contributed by atoms with E-state index in [9.17, 15) is 4.79 Å². The van der Waals surface area contributed by atoms with Crippen molar-refractivity contribution in [3.8, 4) is 11.1 Å². The maximum atomic E-state index is 11.8. The lowest BCUT2D eigenvalue weighted by molar-refractivity contribution is 0.0526. The number of nitrogens with one attached hydrogen (secondary N) is 1. The van der Waals surface area contributed by atoms with Gasteiger partial charge in [0, 0.05) is 12.2 Å². The molecule has 0 amide bonds. The molecule has 0 aromatic heterocycles. The topological polar surface area (TPSA) is 38.3 Å². The normalized spacial score (nSPS) is 12.7. The molecule has 3 rings (SSSR count). The van der Waals surface area contributed by atoms with Crippen molar-refractivity contribution in [1.82, 2.24) is 0 Å². The van der Waals surface area contributed by atoms with Crippen molar-refractivity contribution in [2.75, 3.05) is 18.5 Å². The van der Waals surface area contributed by atoms with Crippen LogP contribution in [0.5, 0.6) is 0 Å². The summed E-state index contributed by atoms with van der Waals surface area (Å²) in [6, 6.07) is 14.0. The van der Waals surface area contributed by atoms with Crippen LogP contribution in [0, 0.1) is 0 Å². The molecular formula is C17H17NO2. The molecule has 0 saturated carbocycles. The minimum atomic E-state index is -0.267. The Morgan fingerprint density at radius 2 is 2.05 bits per heavy atom. The van der Waals surface area contributed by atoms with E-state index in [4.69, 9.17) is 4.74 Å². The summed E-state index contributed by atoms with van der Waals surface area (Å²) >= 11 is 0. The van der Waals surface area contributed by atoms with Gasteiger partial charge >= 0.3 is 5.97 Å². The fourth-order valence-electron chi connectivity index (χ4n) is 2.52. The molecule has 0 spiro atoms. The number of ether oxygens (including phenoxy) is 1. The number of carbonyl (C=O) groups is 1. The van der Waals surface area contributed by atoms with Crippen LogP contribution in [0.2, 0.25) is 0 Å². The number of benzene rings is 2. The zero-order chi connectivity index (χ0) is 13.9. The summed E-state index contributed by atoms with van der Waals surface area (Å²) in [5, 5.41) is 3.35. The third-order valence-corrected chi connectivity index (χ3v) is 3.52. The number of hydrogen-bond donors (Lipinski definition) is 1. The molecule has 2 aromatic carbocycles. The molecule has 1 aliphatic heterocycles. The zero-order valence-electron chi connectivity index (χ0n) is 11.5. The van der Waals surface area contributed by atoms with Crippen molar-refractivity contribution in [2.45, 2.75) is 13.3 Å². The smallest absolute Gasteiger partial charge is 0.338 e. The first-order valence-electron chi connectivity index (χ1n) is 6.92. The molecule has 3 heteroatoms. The average molecular weight is 267 g/mol. The number of fused-ring (bicyclic) bond motifs is 1. The van der Waals surface area contributed by atoms with Gasteiger partial charge in [-0.05, 0) is 54.3 Å². The first-order chi connectivity index (χ1) is 9.78. The van der Waals surface area contributed by atoms with Gasteiger partial charge in [0.05, 0.1) is 12.2 Å². The van der Waals surface area contributed by atoms with Crippen molar-refractivity contribution < 1.29 is 9.53 Å². The van der Waals surface area contributed by atoms with Gasteiger partial charge in [-0.15, -0.1) is 0 Å². The van der Waals surface area contributed by atoms with Gasteiger partial charge in [0.1, 0.15) is 0 Å². The molecule has 1 N–H and O–H groups in total. The highest BCUT2D eigenvalue weighted by Gasteiger charge is 2.12. The van der Waals surface area contributed by atoms with Crippen LogP contribution in [0.15, 0.2) is 42.5 Å². The van der Waals surface area contributed by atoms with Crippen LogP contribution in [-0.4, -0.2) is 19.1 Å². The first kappa shape index (κ1) is 12.7. The maximum absolute atomic E-state index is 11.8. The summed E-state index contributed by atoms with van der Waals surface area (Å²) in [4.78, 5) is 11.8. The average Bonchev–Trinajstić information content (AvgIpc) is 2.95. The van der Waals surface area contributed by atoms with Crippen LogP contribution in [0.4, 0.5) is 5.69 Å². The molecule has 0 saturated heterocycles. The number of anilines is 1. The van der Waals surface area contributed by atoms with Crippen molar-refractivity contribution in [3.63, 3.8) is 0 Å². The molecule has 0 fully saturated rings. The van der Waals surface area contributed by atoms with E-state index in [1.165, 1.54) is 11.3 Å². The molecule has 20 heavy (non-hydrogen) atoms. The third kappa shape index (κ3) is 2.39. The summed E-state index contributed by atoms with van der Waals surface area (Å²) in [5.74, 6) is -0.267. The van der Waals surface area contributed by atoms with E-state index in [2.05, 4.69) is 23.5 Å². The SMILES string of the molecule is CCOC(=O)c1cccc(-c2ccc3c(c2)CCN3)c1. The molecule has 2 aromatic rings. The van der Waals surface area contributed by atoms with E-state index < -0.39 is 0 Å². The Morgan fingerprint density at radius 1 is 1.20 bits per heavy atom. The summed E-state index contributed by atoms with van der Waals surface area (Å²) in [6.45, 7) is 3.21. The van der Waals surface area contributed by atoms with Crippen molar-refractivity contribution >= 4 is 11.7 Å². The summed E-state index contributed by atoms with van der Waals surface area (Å²) in [5.41, 5.74) is 5.34. The minimum Gasteiger partial charge on any atom is -0.462 e. The largest absolute Gasteiger partial charge is 0.462 e. The molecule has 1 aliphatic rings. The number of esters is 1. The van der Waals surface area contributed by atoms with Crippen molar-refractivity contribution in [1.29, 1.82) is 0 Å². The van der Waals surface area contributed by atoms with Crippen molar-refractivity contribution in [3.05, 3.63) is 53.6 Å². The molecule has 1 heterocycles. The first-order valence-corrected chi connectivity index (χ1v) is 6.92. The second-order valence-corrected chi connectivity index (χ2v) is 4.85. The van der Waals surface area contributed by atoms with Gasteiger partial charge in [0.25, 0.3) is 0 Å². The number of hydrogen-bond acceptors (Lipinski definition) is 3. The Bertz CT molecular complexity index is 649. The predicted molar refractivity (Wildman–Crippen MR) is 80.0 cm³/mol. The minimum absolute atomic E-state index is 0.267. The zero-order valence-corrected chi connectivity index (χ0v) is 11.5. The Labute approximate surface area is 118 Å². The van der Waals surface area contributed by atoms with Crippen LogP contribution < -0.4 is 5.32 Å². The van der Waals surface area contributed by atoms with Crippen LogP contribution >= 0.6 is 0 Å². The van der Waals surface area contributed by atoms with E-state index in [0.29, 0.717) is 12.2 Å². The van der Waals surface area contributed by atoms with Gasteiger partial charge in [-0.1, -0.05) is 18.2 Å².